The minimum absolute atomic E-state index is 0.0324. The fourth-order valence-corrected chi connectivity index (χ4v) is 11.6. The molecule has 3 nitrogen and oxygen atoms in total. The van der Waals surface area contributed by atoms with Gasteiger partial charge in [-0.3, -0.25) is 4.79 Å². The summed E-state index contributed by atoms with van der Waals surface area (Å²) in [4.78, 5) is 12.8. The average molecular weight is 693 g/mol. The molecule has 0 radical (unpaired) electrons. The smallest absolute Gasteiger partial charge is 0.306 e. The lowest BCUT2D eigenvalue weighted by Crippen LogP contribution is -2.51. The van der Waals surface area contributed by atoms with Gasteiger partial charge in [-0.15, -0.1) is 6.58 Å². The topological polar surface area (TPSA) is 46.5 Å². The molecule has 3 fully saturated rings. The number of aliphatic hydroxyl groups is 1. The van der Waals surface area contributed by atoms with Crippen molar-refractivity contribution in [1.29, 1.82) is 0 Å². The molecule has 0 unspecified atom stereocenters. The Morgan fingerprint density at radius 2 is 1.58 bits per heavy atom. The molecule has 3 heteroatoms. The van der Waals surface area contributed by atoms with E-state index in [4.69, 9.17) is 4.74 Å². The molecular weight excluding hydrogens is 613 g/mol. The molecule has 50 heavy (non-hydrogen) atoms. The molecule has 0 bridgehead atoms. The van der Waals surface area contributed by atoms with Crippen LogP contribution in [0.4, 0.5) is 0 Å². The van der Waals surface area contributed by atoms with E-state index in [1.807, 2.05) is 0 Å². The second-order valence-corrected chi connectivity index (χ2v) is 18.5. The Hall–Kier alpha value is -1.35. The van der Waals surface area contributed by atoms with Gasteiger partial charge in [0.1, 0.15) is 6.10 Å². The number of carbonyl (C=O) groups excluding carboxylic acids is 1. The van der Waals surface area contributed by atoms with Crippen LogP contribution in [0.1, 0.15) is 196 Å². The van der Waals surface area contributed by atoms with E-state index in [0.29, 0.717) is 17.8 Å². The highest BCUT2D eigenvalue weighted by atomic mass is 16.5. The van der Waals surface area contributed by atoms with Gasteiger partial charge in [-0.05, 0) is 136 Å². The monoisotopic (exact) mass is 693 g/mol. The fraction of sp³-hybridized carbons (Fsp3) is 0.851. The number of esters is 1. The van der Waals surface area contributed by atoms with E-state index >= 15 is 0 Å². The van der Waals surface area contributed by atoms with Crippen LogP contribution >= 0.6 is 0 Å². The number of rotatable bonds is 22. The van der Waals surface area contributed by atoms with Gasteiger partial charge in [0, 0.05) is 12.8 Å². The molecule has 0 aromatic carbocycles. The number of unbranched alkanes of at least 4 members (excludes halogenated alkanes) is 11. The highest BCUT2D eigenvalue weighted by molar-refractivity contribution is 5.69. The van der Waals surface area contributed by atoms with E-state index in [9.17, 15) is 9.90 Å². The van der Waals surface area contributed by atoms with Crippen LogP contribution in [0.3, 0.4) is 0 Å². The molecule has 4 aliphatic rings. The second kappa shape index (κ2) is 19.6. The molecule has 3 saturated carbocycles. The van der Waals surface area contributed by atoms with Crippen LogP contribution in [-0.4, -0.2) is 22.8 Å². The lowest BCUT2D eigenvalue weighted by atomic mass is 9.47. The molecule has 4 aliphatic carbocycles. The third kappa shape index (κ3) is 10.4. The first-order valence-corrected chi connectivity index (χ1v) is 21.9. The van der Waals surface area contributed by atoms with Gasteiger partial charge in [-0.1, -0.05) is 123 Å². The molecule has 0 saturated heterocycles. The van der Waals surface area contributed by atoms with Crippen molar-refractivity contribution in [2.24, 2.45) is 46.3 Å². The zero-order valence-corrected chi connectivity index (χ0v) is 33.8. The van der Waals surface area contributed by atoms with Crippen molar-refractivity contribution in [3.8, 4) is 0 Å². The molecule has 4 rings (SSSR count). The molecule has 0 spiro atoms. The quantitative estimate of drug-likeness (QED) is 0.0698. The predicted molar refractivity (Wildman–Crippen MR) is 213 cm³/mol. The lowest BCUT2D eigenvalue weighted by molar-refractivity contribution is -0.151. The maximum Gasteiger partial charge on any atom is 0.306 e. The normalized spacial score (nSPS) is 32.6. The summed E-state index contributed by atoms with van der Waals surface area (Å²) < 4.78 is 6.12. The second-order valence-electron chi connectivity index (χ2n) is 18.5. The highest BCUT2D eigenvalue weighted by Gasteiger charge is 2.59. The van der Waals surface area contributed by atoms with Crippen molar-refractivity contribution in [2.75, 3.05) is 0 Å². The summed E-state index contributed by atoms with van der Waals surface area (Å²) in [7, 11) is 0. The molecule has 0 aliphatic heterocycles. The highest BCUT2D eigenvalue weighted by Crippen LogP contribution is 2.67. The largest absolute Gasteiger partial charge is 0.462 e. The molecule has 286 valence electrons. The minimum Gasteiger partial charge on any atom is -0.462 e. The van der Waals surface area contributed by atoms with Crippen molar-refractivity contribution >= 4 is 5.97 Å². The van der Waals surface area contributed by atoms with E-state index in [1.54, 1.807) is 11.6 Å². The maximum absolute atomic E-state index is 12.8. The Labute approximate surface area is 310 Å². The zero-order valence-electron chi connectivity index (χ0n) is 33.8. The maximum atomic E-state index is 12.8. The Morgan fingerprint density at radius 1 is 0.920 bits per heavy atom. The van der Waals surface area contributed by atoms with Crippen molar-refractivity contribution in [2.45, 2.75) is 207 Å². The third-order valence-electron chi connectivity index (χ3n) is 15.1. The van der Waals surface area contributed by atoms with Crippen LogP contribution in [-0.2, 0) is 9.53 Å². The summed E-state index contributed by atoms with van der Waals surface area (Å²) in [5, 5.41) is 11.1. The fourth-order valence-electron chi connectivity index (χ4n) is 11.6. The van der Waals surface area contributed by atoms with Gasteiger partial charge < -0.3 is 9.84 Å². The molecule has 9 atom stereocenters. The molecule has 0 amide bonds. The summed E-state index contributed by atoms with van der Waals surface area (Å²) in [5.74, 6) is 4.00. The van der Waals surface area contributed by atoms with Gasteiger partial charge in [0.05, 0.1) is 5.60 Å². The van der Waals surface area contributed by atoms with Crippen LogP contribution in [0, 0.1) is 46.3 Å². The summed E-state index contributed by atoms with van der Waals surface area (Å²) in [6.45, 7) is 18.2. The molecule has 0 heterocycles. The van der Waals surface area contributed by atoms with Gasteiger partial charge in [-0.2, -0.15) is 0 Å². The van der Waals surface area contributed by atoms with E-state index in [1.165, 1.54) is 109 Å². The van der Waals surface area contributed by atoms with Crippen molar-refractivity contribution in [3.05, 3.63) is 36.5 Å². The Bertz CT molecular complexity index is 1100. The van der Waals surface area contributed by atoms with Crippen LogP contribution in [0.5, 0.6) is 0 Å². The molecule has 1 N–H and O–H groups in total. The zero-order chi connectivity index (χ0) is 36.2. The van der Waals surface area contributed by atoms with Crippen molar-refractivity contribution in [1.82, 2.24) is 0 Å². The van der Waals surface area contributed by atoms with Crippen LogP contribution in [0.15, 0.2) is 36.5 Å². The van der Waals surface area contributed by atoms with E-state index in [-0.39, 0.29) is 23.4 Å². The van der Waals surface area contributed by atoms with Gasteiger partial charge in [0.25, 0.3) is 0 Å². The predicted octanol–water partition coefficient (Wildman–Crippen LogP) is 13.5. The van der Waals surface area contributed by atoms with Crippen molar-refractivity contribution < 1.29 is 14.6 Å². The number of allylic oxidation sites excluding steroid dienone is 3. The standard InChI is InChI=1S/C47H80O3/c1-8-10-11-12-13-14-15-16-17-18-19-20-21-22-23-24-44(48)50-39-30-32-45(6)38(35-39)25-26-40-42-28-27-41(46(42,7)33-31-43(40)45)37(5)29-34-47(49,9-2)36(3)4/h9,16-17,25,36-37,39-43,49H,2,8,10-15,18-24,26-35H2,1,3-7H3/b17-16-/t37-,39+,40+,41-,42+,43+,45+,46-,47+/m1/s1. The molecule has 0 aromatic heterocycles. The number of hydrogen-bond acceptors (Lipinski definition) is 3. The molecule has 0 aromatic rings. The van der Waals surface area contributed by atoms with Gasteiger partial charge in [0.2, 0.25) is 0 Å². The number of fused-ring (bicyclic) bond motifs is 5. The van der Waals surface area contributed by atoms with Crippen LogP contribution in [0.25, 0.3) is 0 Å². The van der Waals surface area contributed by atoms with E-state index < -0.39 is 5.60 Å². The average Bonchev–Trinajstić information content (AvgIpc) is 3.46. The van der Waals surface area contributed by atoms with Crippen LogP contribution in [0.2, 0.25) is 0 Å². The summed E-state index contributed by atoms with van der Waals surface area (Å²) in [6.07, 6.45) is 38.1. The van der Waals surface area contributed by atoms with Gasteiger partial charge in [-0.25, -0.2) is 0 Å². The first-order valence-electron chi connectivity index (χ1n) is 21.9. The number of hydrogen-bond donors (Lipinski definition) is 1. The first-order chi connectivity index (χ1) is 24.0. The van der Waals surface area contributed by atoms with E-state index in [2.05, 4.69) is 66.3 Å². The van der Waals surface area contributed by atoms with Crippen molar-refractivity contribution in [3.63, 3.8) is 0 Å². The minimum atomic E-state index is -0.749. The van der Waals surface area contributed by atoms with Crippen LogP contribution < -0.4 is 0 Å². The molecular formula is C47H80O3. The summed E-state index contributed by atoms with van der Waals surface area (Å²) in [6, 6.07) is 0. The van der Waals surface area contributed by atoms with Gasteiger partial charge in [0.15, 0.2) is 0 Å². The summed E-state index contributed by atoms with van der Waals surface area (Å²) in [5.41, 5.74) is 1.55. The third-order valence-corrected chi connectivity index (χ3v) is 15.1. The Balaban J connectivity index is 1.15. The number of ether oxygens (including phenoxy) is 1. The Kier molecular flexibility index (Phi) is 16.3. The first kappa shape index (κ1) is 41.4. The SMILES string of the molecule is C=C[C@](O)(CC[C@@H](C)[C@H]1CC[C@H]2[C@@H]3CC=C4C[C@@H](OC(=O)CCCCCCC/C=C\CCCCCCCC)CC[C@]4(C)[C@H]3CC[C@]12C)C(C)C. The van der Waals surface area contributed by atoms with E-state index in [0.717, 1.165) is 62.2 Å². The van der Waals surface area contributed by atoms with Gasteiger partial charge >= 0.3 is 5.97 Å². The lowest BCUT2D eigenvalue weighted by Gasteiger charge is -2.58. The Morgan fingerprint density at radius 3 is 2.24 bits per heavy atom. The summed E-state index contributed by atoms with van der Waals surface area (Å²) >= 11 is 0. The number of carbonyl (C=O) groups is 1.